The van der Waals surface area contributed by atoms with Crippen LogP contribution in [0, 0.1) is 0 Å². The Morgan fingerprint density at radius 3 is 3.08 bits per heavy atom. The number of nitrogen functional groups attached to an aromatic ring is 1. The van der Waals surface area contributed by atoms with E-state index in [-0.39, 0.29) is 0 Å². The third kappa shape index (κ3) is 1.02. The molecule has 0 fully saturated rings. The molecule has 3 nitrogen and oxygen atoms in total. The maximum Gasteiger partial charge on any atom is 0.237 e. The van der Waals surface area contributed by atoms with Crippen LogP contribution in [-0.2, 0) is 12.8 Å². The Labute approximate surface area is 71.6 Å². The lowest BCUT2D eigenvalue weighted by Gasteiger charge is -2.05. The van der Waals surface area contributed by atoms with Gasteiger partial charge in [0.25, 0.3) is 0 Å². The highest BCUT2D eigenvalue weighted by molar-refractivity contribution is 5.52. The van der Waals surface area contributed by atoms with Crippen molar-refractivity contribution in [2.45, 2.75) is 19.3 Å². The first-order valence-electron chi connectivity index (χ1n) is 4.13. The molecule has 0 unspecified atom stereocenters. The van der Waals surface area contributed by atoms with E-state index in [0.29, 0.717) is 11.6 Å². The van der Waals surface area contributed by atoms with Crippen molar-refractivity contribution in [3.8, 4) is 5.88 Å². The molecule has 64 valence electrons. The van der Waals surface area contributed by atoms with Crippen molar-refractivity contribution < 1.29 is 4.74 Å². The highest BCUT2D eigenvalue weighted by atomic mass is 16.5. The van der Waals surface area contributed by atoms with Crippen LogP contribution in [0.3, 0.4) is 0 Å². The van der Waals surface area contributed by atoms with Gasteiger partial charge >= 0.3 is 0 Å². The van der Waals surface area contributed by atoms with Crippen molar-refractivity contribution in [2.75, 3.05) is 12.8 Å². The van der Waals surface area contributed by atoms with Crippen molar-refractivity contribution in [3.63, 3.8) is 0 Å². The Bertz CT molecular complexity index is 309. The molecule has 12 heavy (non-hydrogen) atoms. The molecule has 0 atom stereocenters. The van der Waals surface area contributed by atoms with Crippen LogP contribution in [0.25, 0.3) is 0 Å². The SMILES string of the molecule is COc1nc2c(cc1N)CCC2. The fourth-order valence-corrected chi connectivity index (χ4v) is 1.63. The molecular weight excluding hydrogens is 152 g/mol. The molecule has 1 aliphatic carbocycles. The summed E-state index contributed by atoms with van der Waals surface area (Å²) in [7, 11) is 1.60. The van der Waals surface area contributed by atoms with Gasteiger partial charge in [-0.2, -0.15) is 0 Å². The second-order valence-electron chi connectivity index (χ2n) is 3.05. The van der Waals surface area contributed by atoms with Crippen LogP contribution in [-0.4, -0.2) is 12.1 Å². The number of rotatable bonds is 1. The fraction of sp³-hybridized carbons (Fsp3) is 0.444. The van der Waals surface area contributed by atoms with E-state index in [1.165, 1.54) is 12.0 Å². The smallest absolute Gasteiger partial charge is 0.237 e. The van der Waals surface area contributed by atoms with Crippen LogP contribution in [0.15, 0.2) is 6.07 Å². The second-order valence-corrected chi connectivity index (χ2v) is 3.05. The number of nitrogens with two attached hydrogens (primary N) is 1. The van der Waals surface area contributed by atoms with Gasteiger partial charge in [0.15, 0.2) is 0 Å². The molecule has 0 saturated heterocycles. The Morgan fingerprint density at radius 2 is 2.33 bits per heavy atom. The van der Waals surface area contributed by atoms with Gasteiger partial charge in [0.1, 0.15) is 0 Å². The first-order chi connectivity index (χ1) is 5.81. The van der Waals surface area contributed by atoms with Gasteiger partial charge in [-0.25, -0.2) is 4.98 Å². The van der Waals surface area contributed by atoms with Crippen molar-refractivity contribution in [1.29, 1.82) is 0 Å². The topological polar surface area (TPSA) is 48.1 Å². The van der Waals surface area contributed by atoms with Crippen molar-refractivity contribution in [3.05, 3.63) is 17.3 Å². The summed E-state index contributed by atoms with van der Waals surface area (Å²) in [6.07, 6.45) is 3.36. The number of methoxy groups -OCH3 is 1. The van der Waals surface area contributed by atoms with Crippen LogP contribution in [0.2, 0.25) is 0 Å². The number of ether oxygens (including phenoxy) is 1. The third-order valence-corrected chi connectivity index (χ3v) is 2.24. The highest BCUT2D eigenvalue weighted by Crippen LogP contribution is 2.27. The molecule has 1 heterocycles. The largest absolute Gasteiger partial charge is 0.480 e. The number of aryl methyl sites for hydroxylation is 2. The predicted octanol–water partition coefficient (Wildman–Crippen LogP) is 1.16. The minimum Gasteiger partial charge on any atom is -0.480 e. The Morgan fingerprint density at radius 1 is 1.50 bits per heavy atom. The lowest BCUT2D eigenvalue weighted by atomic mass is 10.2. The van der Waals surface area contributed by atoms with Gasteiger partial charge in [0.2, 0.25) is 5.88 Å². The molecule has 0 saturated carbocycles. The van der Waals surface area contributed by atoms with Gasteiger partial charge in [-0.15, -0.1) is 0 Å². The van der Waals surface area contributed by atoms with Gasteiger partial charge < -0.3 is 10.5 Å². The van der Waals surface area contributed by atoms with Gasteiger partial charge in [-0.05, 0) is 30.9 Å². The number of anilines is 1. The Kier molecular flexibility index (Phi) is 1.64. The molecule has 0 spiro atoms. The summed E-state index contributed by atoms with van der Waals surface area (Å²) < 4.78 is 5.03. The number of nitrogens with zero attached hydrogens (tertiary/aromatic N) is 1. The summed E-state index contributed by atoms with van der Waals surface area (Å²) in [5.74, 6) is 0.565. The summed E-state index contributed by atoms with van der Waals surface area (Å²) in [5, 5.41) is 0. The maximum atomic E-state index is 5.72. The minimum atomic E-state index is 0.565. The molecule has 0 aromatic carbocycles. The molecule has 1 aromatic heterocycles. The van der Waals surface area contributed by atoms with Gasteiger partial charge in [0.05, 0.1) is 12.8 Å². The van der Waals surface area contributed by atoms with Gasteiger partial charge in [-0.1, -0.05) is 0 Å². The molecule has 3 heteroatoms. The molecule has 2 N–H and O–H groups in total. The molecule has 0 amide bonds. The number of hydrogen-bond acceptors (Lipinski definition) is 3. The summed E-state index contributed by atoms with van der Waals surface area (Å²) in [4.78, 5) is 4.32. The fourth-order valence-electron chi connectivity index (χ4n) is 1.63. The van der Waals surface area contributed by atoms with E-state index < -0.39 is 0 Å². The van der Waals surface area contributed by atoms with E-state index in [4.69, 9.17) is 10.5 Å². The van der Waals surface area contributed by atoms with Crippen molar-refractivity contribution in [2.24, 2.45) is 0 Å². The monoisotopic (exact) mass is 164 g/mol. The van der Waals surface area contributed by atoms with Crippen LogP contribution in [0.5, 0.6) is 5.88 Å². The van der Waals surface area contributed by atoms with Gasteiger partial charge in [0, 0.05) is 5.69 Å². The normalized spacial score (nSPS) is 14.4. The zero-order valence-electron chi connectivity index (χ0n) is 7.13. The van der Waals surface area contributed by atoms with E-state index in [2.05, 4.69) is 4.98 Å². The van der Waals surface area contributed by atoms with E-state index in [1.54, 1.807) is 7.11 Å². The molecule has 0 radical (unpaired) electrons. The van der Waals surface area contributed by atoms with Crippen LogP contribution < -0.4 is 10.5 Å². The number of hydrogen-bond donors (Lipinski definition) is 1. The Balaban J connectivity index is 2.49. The first kappa shape index (κ1) is 7.40. The second kappa shape index (κ2) is 2.66. The van der Waals surface area contributed by atoms with Gasteiger partial charge in [-0.3, -0.25) is 0 Å². The molecule has 2 rings (SSSR count). The Hall–Kier alpha value is -1.25. The van der Waals surface area contributed by atoms with Crippen molar-refractivity contribution >= 4 is 5.69 Å². The number of aromatic nitrogens is 1. The van der Waals surface area contributed by atoms with E-state index >= 15 is 0 Å². The molecule has 0 bridgehead atoms. The third-order valence-electron chi connectivity index (χ3n) is 2.24. The van der Waals surface area contributed by atoms with Crippen LogP contribution >= 0.6 is 0 Å². The summed E-state index contributed by atoms with van der Waals surface area (Å²) >= 11 is 0. The van der Waals surface area contributed by atoms with Crippen LogP contribution in [0.1, 0.15) is 17.7 Å². The lowest BCUT2D eigenvalue weighted by molar-refractivity contribution is 0.399. The summed E-state index contributed by atoms with van der Waals surface area (Å²) in [6, 6.07) is 1.98. The quantitative estimate of drug-likeness (QED) is 0.677. The molecule has 1 aliphatic rings. The molecule has 1 aromatic rings. The minimum absolute atomic E-state index is 0.565. The first-order valence-corrected chi connectivity index (χ1v) is 4.13. The standard InChI is InChI=1S/C9H12N2O/c1-12-9-7(10)5-6-3-2-4-8(6)11-9/h5H,2-4,10H2,1H3. The summed E-state index contributed by atoms with van der Waals surface area (Å²) in [5.41, 5.74) is 8.81. The van der Waals surface area contributed by atoms with Crippen molar-refractivity contribution in [1.82, 2.24) is 4.98 Å². The number of pyridine rings is 1. The average Bonchev–Trinajstić information content (AvgIpc) is 2.49. The number of fused-ring (bicyclic) bond motifs is 1. The van der Waals surface area contributed by atoms with Crippen LogP contribution in [0.4, 0.5) is 5.69 Å². The zero-order valence-corrected chi connectivity index (χ0v) is 7.13. The average molecular weight is 164 g/mol. The molecular formula is C9H12N2O. The molecule has 0 aliphatic heterocycles. The zero-order chi connectivity index (χ0) is 8.55. The highest BCUT2D eigenvalue weighted by Gasteiger charge is 2.14. The van der Waals surface area contributed by atoms with E-state index in [0.717, 1.165) is 18.5 Å². The predicted molar refractivity (Wildman–Crippen MR) is 47.2 cm³/mol. The maximum absolute atomic E-state index is 5.72. The lowest BCUT2D eigenvalue weighted by Crippen LogP contribution is -1.98. The summed E-state index contributed by atoms with van der Waals surface area (Å²) in [6.45, 7) is 0. The van der Waals surface area contributed by atoms with E-state index in [9.17, 15) is 0 Å². The van der Waals surface area contributed by atoms with E-state index in [1.807, 2.05) is 6.07 Å².